The van der Waals surface area contributed by atoms with Crippen molar-refractivity contribution in [2.45, 2.75) is 37.8 Å². The van der Waals surface area contributed by atoms with Crippen LogP contribution in [0.2, 0.25) is 0 Å². The lowest BCUT2D eigenvalue weighted by atomic mass is 10.1. The molecule has 6 nitrogen and oxygen atoms in total. The van der Waals surface area contributed by atoms with Gasteiger partial charge < -0.3 is 11.1 Å². The highest BCUT2D eigenvalue weighted by Crippen LogP contribution is 2.25. The topological polar surface area (TPSA) is 87.8 Å². The Morgan fingerprint density at radius 1 is 1.19 bits per heavy atom. The fourth-order valence-electron chi connectivity index (χ4n) is 2.66. The number of nitrogens with two attached hydrogens (primary N) is 1. The molecule has 0 atom stereocenters. The molecule has 0 spiro atoms. The summed E-state index contributed by atoms with van der Waals surface area (Å²) >= 11 is 1.30. The molecular weight excluding hydrogens is 380 g/mol. The molecule has 1 aromatic heterocycles. The molecule has 0 aliphatic carbocycles. The van der Waals surface area contributed by atoms with E-state index in [0.29, 0.717) is 36.2 Å². The average molecular weight is 409 g/mol. The molecule has 0 saturated heterocycles. The number of anilines is 1. The van der Waals surface area contributed by atoms with Crippen molar-refractivity contribution in [1.82, 2.24) is 4.31 Å². The second-order valence-corrected chi connectivity index (χ2v) is 9.34. The summed E-state index contributed by atoms with van der Waals surface area (Å²) in [5.74, 6) is 0.357. The van der Waals surface area contributed by atoms with Gasteiger partial charge >= 0.3 is 0 Å². The van der Waals surface area contributed by atoms with Crippen LogP contribution in [0.3, 0.4) is 0 Å². The summed E-state index contributed by atoms with van der Waals surface area (Å²) in [6.45, 7) is 7.23. The van der Waals surface area contributed by atoms with E-state index in [1.54, 1.807) is 6.07 Å². The highest BCUT2D eigenvalue weighted by molar-refractivity contribution is 7.91. The van der Waals surface area contributed by atoms with Gasteiger partial charge in [0, 0.05) is 36.6 Å². The molecule has 148 valence electrons. The zero-order valence-corrected chi connectivity index (χ0v) is 17.7. The van der Waals surface area contributed by atoms with Crippen molar-refractivity contribution in [1.29, 1.82) is 0 Å². The van der Waals surface area contributed by atoms with E-state index >= 15 is 0 Å². The molecule has 1 heterocycles. The zero-order chi connectivity index (χ0) is 19.9. The average Bonchev–Trinajstić information content (AvgIpc) is 3.12. The number of aliphatic imine (C=N–C) groups is 1. The van der Waals surface area contributed by atoms with Crippen LogP contribution in [-0.2, 0) is 22.9 Å². The molecule has 0 radical (unpaired) electrons. The first kappa shape index (κ1) is 21.4. The summed E-state index contributed by atoms with van der Waals surface area (Å²) in [7, 11) is -3.39. The molecule has 27 heavy (non-hydrogen) atoms. The van der Waals surface area contributed by atoms with Crippen molar-refractivity contribution >= 4 is 33.0 Å². The number of aryl methyl sites for hydroxylation is 1. The highest BCUT2D eigenvalue weighted by atomic mass is 32.2. The Morgan fingerprint density at radius 2 is 1.93 bits per heavy atom. The molecule has 0 aliphatic rings. The Morgan fingerprint density at radius 3 is 2.59 bits per heavy atom. The van der Waals surface area contributed by atoms with Gasteiger partial charge in [0.2, 0.25) is 0 Å². The summed E-state index contributed by atoms with van der Waals surface area (Å²) in [5.41, 5.74) is 8.10. The highest BCUT2D eigenvalue weighted by Gasteiger charge is 2.23. The summed E-state index contributed by atoms with van der Waals surface area (Å²) in [5, 5.41) is 3.09. The summed E-state index contributed by atoms with van der Waals surface area (Å²) in [6.07, 6.45) is 1.61. The molecule has 0 unspecified atom stereocenters. The number of rotatable bonds is 9. The number of nitrogens with zero attached hydrogens (tertiary/aromatic N) is 2. The van der Waals surface area contributed by atoms with Crippen LogP contribution in [0.5, 0.6) is 0 Å². The van der Waals surface area contributed by atoms with Crippen molar-refractivity contribution < 1.29 is 8.42 Å². The Labute approximate surface area is 166 Å². The molecule has 8 heteroatoms. The Hall–Kier alpha value is -1.90. The first-order valence-corrected chi connectivity index (χ1v) is 11.4. The van der Waals surface area contributed by atoms with Gasteiger partial charge in [-0.25, -0.2) is 8.42 Å². The van der Waals surface area contributed by atoms with E-state index < -0.39 is 10.0 Å². The monoisotopic (exact) mass is 408 g/mol. The van der Waals surface area contributed by atoms with Crippen LogP contribution in [0.25, 0.3) is 0 Å². The van der Waals surface area contributed by atoms with Gasteiger partial charge in [-0.2, -0.15) is 4.31 Å². The molecule has 2 rings (SSSR count). The fraction of sp³-hybridized carbons (Fsp3) is 0.421. The van der Waals surface area contributed by atoms with Crippen LogP contribution in [0.4, 0.5) is 5.69 Å². The van der Waals surface area contributed by atoms with Gasteiger partial charge in [-0.05, 0) is 36.2 Å². The van der Waals surface area contributed by atoms with Crippen molar-refractivity contribution in [3.8, 4) is 0 Å². The lowest BCUT2D eigenvalue weighted by molar-refractivity contribution is 0.447. The van der Waals surface area contributed by atoms with Gasteiger partial charge in [-0.1, -0.05) is 32.9 Å². The Bertz CT molecular complexity index is 871. The van der Waals surface area contributed by atoms with Gasteiger partial charge in [-0.15, -0.1) is 11.3 Å². The normalized spacial score (nSPS) is 12.5. The minimum Gasteiger partial charge on any atom is -0.370 e. The summed E-state index contributed by atoms with van der Waals surface area (Å²) in [4.78, 5) is 5.32. The number of hydrogen-bond acceptors (Lipinski definition) is 4. The molecule has 3 N–H and O–H groups in total. The fourth-order valence-corrected chi connectivity index (χ4v) is 5.62. The lowest BCUT2D eigenvalue weighted by Crippen LogP contribution is -2.29. The van der Waals surface area contributed by atoms with E-state index in [4.69, 9.17) is 5.73 Å². The third kappa shape index (κ3) is 5.79. The third-order valence-corrected chi connectivity index (χ3v) is 7.85. The number of nitrogens with one attached hydrogen (secondary N) is 1. The van der Waals surface area contributed by atoms with Crippen LogP contribution >= 0.6 is 11.3 Å². The maximum atomic E-state index is 12.5. The molecule has 0 bridgehead atoms. The van der Waals surface area contributed by atoms with E-state index in [1.807, 2.05) is 38.1 Å². The quantitative estimate of drug-likeness (QED) is 0.492. The summed E-state index contributed by atoms with van der Waals surface area (Å²) in [6, 6.07) is 11.6. The van der Waals surface area contributed by atoms with E-state index in [-0.39, 0.29) is 0 Å². The van der Waals surface area contributed by atoms with Gasteiger partial charge in [0.1, 0.15) is 4.21 Å². The standard InChI is InChI=1S/C19H28N4O2S2/c1-4-15-8-7-9-16(14-15)22-19(20)21-13-12-17-10-11-18(26-17)27(24,25)23(5-2)6-3/h7-11,14H,4-6,12-13H2,1-3H3,(H3,20,21,22). The van der Waals surface area contributed by atoms with E-state index in [0.717, 1.165) is 17.0 Å². The number of guanidine groups is 1. The van der Waals surface area contributed by atoms with Crippen LogP contribution in [0, 0.1) is 0 Å². The van der Waals surface area contributed by atoms with Crippen molar-refractivity contribution in [3.63, 3.8) is 0 Å². The van der Waals surface area contributed by atoms with Crippen LogP contribution < -0.4 is 11.1 Å². The van der Waals surface area contributed by atoms with Gasteiger partial charge in [0.25, 0.3) is 10.0 Å². The first-order chi connectivity index (χ1) is 12.9. The second-order valence-electron chi connectivity index (χ2n) is 6.01. The number of thiophene rings is 1. The van der Waals surface area contributed by atoms with Crippen molar-refractivity contribution in [2.75, 3.05) is 25.0 Å². The first-order valence-electron chi connectivity index (χ1n) is 9.15. The molecule has 2 aromatic rings. The van der Waals surface area contributed by atoms with Crippen molar-refractivity contribution in [3.05, 3.63) is 46.8 Å². The molecule has 1 aromatic carbocycles. The zero-order valence-electron chi connectivity index (χ0n) is 16.1. The molecule has 0 aliphatic heterocycles. The SMILES string of the molecule is CCc1cccc(NC(N)=NCCc2ccc(S(=O)(=O)N(CC)CC)s2)c1. The van der Waals surface area contributed by atoms with Crippen molar-refractivity contribution in [2.24, 2.45) is 10.7 Å². The minimum atomic E-state index is -3.39. The molecule has 0 amide bonds. The maximum absolute atomic E-state index is 12.5. The van der Waals surface area contributed by atoms with Gasteiger partial charge in [0.05, 0.1) is 0 Å². The molecule has 0 fully saturated rings. The summed E-state index contributed by atoms with van der Waals surface area (Å²) < 4.78 is 26.9. The third-order valence-electron chi connectivity index (χ3n) is 4.18. The molecular formula is C19H28N4O2S2. The number of hydrogen-bond donors (Lipinski definition) is 2. The van der Waals surface area contributed by atoms with Crippen LogP contribution in [-0.4, -0.2) is 38.3 Å². The number of sulfonamides is 1. The predicted molar refractivity (Wildman–Crippen MR) is 114 cm³/mol. The number of benzene rings is 1. The Balaban J connectivity index is 1.95. The largest absolute Gasteiger partial charge is 0.370 e. The minimum absolute atomic E-state index is 0.357. The van der Waals surface area contributed by atoms with E-state index in [9.17, 15) is 8.42 Å². The van der Waals surface area contributed by atoms with E-state index in [2.05, 4.69) is 23.3 Å². The molecule has 0 saturated carbocycles. The second kappa shape index (κ2) is 9.87. The Kier molecular flexibility index (Phi) is 7.82. The predicted octanol–water partition coefficient (Wildman–Crippen LogP) is 3.31. The van der Waals surface area contributed by atoms with E-state index in [1.165, 1.54) is 21.2 Å². The van der Waals surface area contributed by atoms with Crippen LogP contribution in [0.1, 0.15) is 31.2 Å². The maximum Gasteiger partial charge on any atom is 0.252 e. The smallest absolute Gasteiger partial charge is 0.252 e. The lowest BCUT2D eigenvalue weighted by Gasteiger charge is -2.16. The van der Waals surface area contributed by atoms with Gasteiger partial charge in [-0.3, -0.25) is 4.99 Å². The van der Waals surface area contributed by atoms with Crippen LogP contribution in [0.15, 0.2) is 45.6 Å². The van der Waals surface area contributed by atoms with Gasteiger partial charge in [0.15, 0.2) is 5.96 Å².